The number of benzene rings is 1. The van der Waals surface area contributed by atoms with Crippen LogP contribution in [0.25, 0.3) is 0 Å². The molecule has 1 aromatic rings. The number of rotatable bonds is 0. The number of aryl methyl sites for hydroxylation is 1. The molecule has 0 N–H and O–H groups in total. The Morgan fingerprint density at radius 1 is 1.12 bits per heavy atom. The Bertz CT molecular complexity index is 672. The smallest absolute Gasteiger partial charge is 0.410 e. The summed E-state index contributed by atoms with van der Waals surface area (Å²) in [6.07, 6.45) is 2.66. The summed E-state index contributed by atoms with van der Waals surface area (Å²) in [6, 6.07) is 4.48. The first-order valence-electron chi connectivity index (χ1n) is 8.87. The molecule has 1 heterocycles. The standard InChI is InChI=1S/C20H27NO3/c1-13-12-21(19(23)24-20(2,3)4)8-7-15-9-16-10-17(22)6-5-14(16)11-18(13)15/h9,11,13H,5-8,10,12H2,1-4H3. The van der Waals surface area contributed by atoms with E-state index >= 15 is 0 Å². The molecule has 1 atom stereocenters. The zero-order valence-electron chi connectivity index (χ0n) is 15.1. The molecule has 0 aromatic heterocycles. The van der Waals surface area contributed by atoms with E-state index in [0.717, 1.165) is 12.8 Å². The molecule has 3 rings (SSSR count). The molecule has 2 aliphatic rings. The van der Waals surface area contributed by atoms with E-state index in [1.807, 2.05) is 25.7 Å². The van der Waals surface area contributed by atoms with Crippen LogP contribution in [0.5, 0.6) is 0 Å². The molecule has 1 unspecified atom stereocenters. The summed E-state index contributed by atoms with van der Waals surface area (Å²) >= 11 is 0. The summed E-state index contributed by atoms with van der Waals surface area (Å²) in [4.78, 5) is 26.0. The Kier molecular flexibility index (Phi) is 4.41. The SMILES string of the molecule is CC1CN(C(=O)OC(C)(C)C)CCc2cc3c(cc21)CCC(=O)C3. The fourth-order valence-electron chi connectivity index (χ4n) is 3.67. The van der Waals surface area contributed by atoms with Crippen LogP contribution in [0.15, 0.2) is 12.1 Å². The number of carbonyl (C=O) groups is 2. The van der Waals surface area contributed by atoms with Crippen molar-refractivity contribution in [2.24, 2.45) is 0 Å². The van der Waals surface area contributed by atoms with Gasteiger partial charge in [0.15, 0.2) is 0 Å². The monoisotopic (exact) mass is 329 g/mol. The third-order valence-electron chi connectivity index (χ3n) is 4.85. The van der Waals surface area contributed by atoms with Gasteiger partial charge in [0, 0.05) is 25.9 Å². The predicted octanol–water partition coefficient (Wildman–Crippen LogP) is 3.64. The first kappa shape index (κ1) is 17.0. The molecule has 0 bridgehead atoms. The molecule has 130 valence electrons. The molecule has 0 saturated carbocycles. The van der Waals surface area contributed by atoms with Crippen molar-refractivity contribution in [3.8, 4) is 0 Å². The molecule has 1 aromatic carbocycles. The van der Waals surface area contributed by atoms with Gasteiger partial charge in [-0.15, -0.1) is 0 Å². The van der Waals surface area contributed by atoms with Gasteiger partial charge >= 0.3 is 6.09 Å². The van der Waals surface area contributed by atoms with Crippen LogP contribution in [0.2, 0.25) is 0 Å². The highest BCUT2D eigenvalue weighted by molar-refractivity contribution is 5.83. The predicted molar refractivity (Wildman–Crippen MR) is 93.4 cm³/mol. The first-order valence-corrected chi connectivity index (χ1v) is 8.87. The number of nitrogens with zero attached hydrogens (tertiary/aromatic N) is 1. The maximum Gasteiger partial charge on any atom is 0.410 e. The van der Waals surface area contributed by atoms with Crippen molar-refractivity contribution in [3.05, 3.63) is 34.4 Å². The Hall–Kier alpha value is -1.84. The van der Waals surface area contributed by atoms with E-state index in [1.165, 1.54) is 22.3 Å². The molecular formula is C20H27NO3. The lowest BCUT2D eigenvalue weighted by molar-refractivity contribution is -0.118. The minimum absolute atomic E-state index is 0.234. The number of Topliss-reactive ketones (excluding diaryl/α,β-unsaturated/α-hetero) is 1. The molecule has 1 aliphatic carbocycles. The van der Waals surface area contributed by atoms with Crippen LogP contribution in [0, 0.1) is 0 Å². The number of ether oxygens (including phenoxy) is 1. The van der Waals surface area contributed by atoms with E-state index in [1.54, 1.807) is 0 Å². The van der Waals surface area contributed by atoms with Crippen molar-refractivity contribution in [1.29, 1.82) is 0 Å². The van der Waals surface area contributed by atoms with E-state index in [2.05, 4.69) is 19.1 Å². The lowest BCUT2D eigenvalue weighted by Crippen LogP contribution is -2.38. The topological polar surface area (TPSA) is 46.6 Å². The third kappa shape index (κ3) is 3.63. The van der Waals surface area contributed by atoms with Gasteiger partial charge in [-0.2, -0.15) is 0 Å². The lowest BCUT2D eigenvalue weighted by Gasteiger charge is -2.27. The molecule has 4 heteroatoms. The zero-order valence-corrected chi connectivity index (χ0v) is 15.1. The minimum Gasteiger partial charge on any atom is -0.444 e. The number of ketones is 1. The van der Waals surface area contributed by atoms with Crippen molar-refractivity contribution in [2.45, 2.75) is 64.9 Å². The Morgan fingerprint density at radius 2 is 1.88 bits per heavy atom. The maximum atomic E-state index is 12.4. The van der Waals surface area contributed by atoms with Crippen molar-refractivity contribution >= 4 is 11.9 Å². The van der Waals surface area contributed by atoms with Gasteiger partial charge in [-0.05, 0) is 61.8 Å². The van der Waals surface area contributed by atoms with Gasteiger partial charge in [-0.25, -0.2) is 4.79 Å². The summed E-state index contributed by atoms with van der Waals surface area (Å²) in [7, 11) is 0. The second kappa shape index (κ2) is 6.23. The van der Waals surface area contributed by atoms with Gasteiger partial charge < -0.3 is 9.64 Å². The van der Waals surface area contributed by atoms with Gasteiger partial charge in [0.1, 0.15) is 11.4 Å². The van der Waals surface area contributed by atoms with Crippen molar-refractivity contribution in [3.63, 3.8) is 0 Å². The largest absolute Gasteiger partial charge is 0.444 e. The third-order valence-corrected chi connectivity index (χ3v) is 4.85. The van der Waals surface area contributed by atoms with E-state index in [9.17, 15) is 9.59 Å². The zero-order chi connectivity index (χ0) is 17.5. The van der Waals surface area contributed by atoms with E-state index in [-0.39, 0.29) is 12.0 Å². The van der Waals surface area contributed by atoms with Crippen LogP contribution in [0.1, 0.15) is 62.3 Å². The highest BCUT2D eigenvalue weighted by atomic mass is 16.6. The fourth-order valence-corrected chi connectivity index (χ4v) is 3.67. The first-order chi connectivity index (χ1) is 11.2. The summed E-state index contributed by atoms with van der Waals surface area (Å²) in [5.74, 6) is 0.609. The van der Waals surface area contributed by atoms with E-state index < -0.39 is 5.60 Å². The second-order valence-corrected chi connectivity index (χ2v) is 8.11. The Morgan fingerprint density at radius 3 is 2.58 bits per heavy atom. The van der Waals surface area contributed by atoms with Crippen LogP contribution < -0.4 is 0 Å². The number of hydrogen-bond donors (Lipinski definition) is 0. The molecule has 0 fully saturated rings. The fraction of sp³-hybridized carbons (Fsp3) is 0.600. The van der Waals surface area contributed by atoms with Crippen molar-refractivity contribution in [1.82, 2.24) is 4.90 Å². The van der Waals surface area contributed by atoms with Gasteiger partial charge in [-0.3, -0.25) is 4.79 Å². The van der Waals surface area contributed by atoms with Gasteiger partial charge in [0.25, 0.3) is 0 Å². The number of hydrogen-bond acceptors (Lipinski definition) is 3. The Balaban J connectivity index is 1.82. The normalized spacial score (nSPS) is 20.9. The summed E-state index contributed by atoms with van der Waals surface area (Å²) in [6.45, 7) is 9.20. The number of amides is 1. The molecule has 24 heavy (non-hydrogen) atoms. The molecule has 1 aliphatic heterocycles. The van der Waals surface area contributed by atoms with Crippen LogP contribution in [-0.4, -0.2) is 35.5 Å². The molecule has 4 nitrogen and oxygen atoms in total. The van der Waals surface area contributed by atoms with Crippen molar-refractivity contribution < 1.29 is 14.3 Å². The van der Waals surface area contributed by atoms with Gasteiger partial charge in [0.2, 0.25) is 0 Å². The minimum atomic E-state index is -0.473. The molecule has 0 radical (unpaired) electrons. The number of fused-ring (bicyclic) bond motifs is 2. The maximum absolute atomic E-state index is 12.4. The molecule has 0 spiro atoms. The quantitative estimate of drug-likeness (QED) is 0.730. The van der Waals surface area contributed by atoms with E-state index in [0.29, 0.717) is 31.7 Å². The second-order valence-electron chi connectivity index (χ2n) is 8.11. The summed E-state index contributed by atoms with van der Waals surface area (Å²) in [5.41, 5.74) is 4.63. The van der Waals surface area contributed by atoms with Crippen molar-refractivity contribution in [2.75, 3.05) is 13.1 Å². The van der Waals surface area contributed by atoms with Crippen LogP contribution >= 0.6 is 0 Å². The molecular weight excluding hydrogens is 302 g/mol. The average molecular weight is 329 g/mol. The highest BCUT2D eigenvalue weighted by Crippen LogP contribution is 2.31. The molecule has 1 amide bonds. The number of carbonyl (C=O) groups excluding carboxylic acids is 2. The van der Waals surface area contributed by atoms with E-state index in [4.69, 9.17) is 4.74 Å². The lowest BCUT2D eigenvalue weighted by atomic mass is 9.84. The average Bonchev–Trinajstić information content (AvgIpc) is 2.63. The summed E-state index contributed by atoms with van der Waals surface area (Å²) < 4.78 is 5.54. The van der Waals surface area contributed by atoms with Gasteiger partial charge in [0.05, 0.1) is 0 Å². The van der Waals surface area contributed by atoms with Crippen LogP contribution in [-0.2, 0) is 28.8 Å². The summed E-state index contributed by atoms with van der Waals surface area (Å²) in [5, 5.41) is 0. The van der Waals surface area contributed by atoms with Crippen LogP contribution in [0.3, 0.4) is 0 Å². The Labute approximate surface area is 144 Å². The highest BCUT2D eigenvalue weighted by Gasteiger charge is 2.28. The van der Waals surface area contributed by atoms with Crippen LogP contribution in [0.4, 0.5) is 4.79 Å². The molecule has 0 saturated heterocycles. The van der Waals surface area contributed by atoms with Gasteiger partial charge in [-0.1, -0.05) is 19.1 Å².